The van der Waals surface area contributed by atoms with Gasteiger partial charge in [-0.25, -0.2) is 9.97 Å². The van der Waals surface area contributed by atoms with E-state index in [1.807, 2.05) is 26.1 Å². The number of thioether (sulfide) groups is 1. The van der Waals surface area contributed by atoms with Crippen molar-refractivity contribution < 1.29 is 4.74 Å². The smallest absolute Gasteiger partial charge is 0.178 e. The van der Waals surface area contributed by atoms with Gasteiger partial charge in [-0.15, -0.1) is 0 Å². The largest absolute Gasteiger partial charge is 0.496 e. The number of ether oxygens (including phenoxy) is 1. The van der Waals surface area contributed by atoms with Crippen LogP contribution in [0.25, 0.3) is 11.2 Å². The summed E-state index contributed by atoms with van der Waals surface area (Å²) in [5, 5.41) is 0.800. The fraction of sp³-hybridized carbons (Fsp3) is 0.267. The minimum atomic E-state index is 0.619. The van der Waals surface area contributed by atoms with Gasteiger partial charge in [0.1, 0.15) is 5.75 Å². The van der Waals surface area contributed by atoms with Gasteiger partial charge in [-0.2, -0.15) is 0 Å². The molecule has 0 saturated carbocycles. The Morgan fingerprint density at radius 1 is 1.27 bits per heavy atom. The van der Waals surface area contributed by atoms with E-state index in [0.29, 0.717) is 17.1 Å². The molecule has 3 heterocycles. The second kappa shape index (κ2) is 5.84. The van der Waals surface area contributed by atoms with Crippen LogP contribution >= 0.6 is 11.8 Å². The van der Waals surface area contributed by atoms with Crippen molar-refractivity contribution in [3.63, 3.8) is 0 Å². The zero-order chi connectivity index (χ0) is 15.7. The molecule has 0 spiro atoms. The third-order valence-electron chi connectivity index (χ3n) is 3.43. The Balaban J connectivity index is 1.82. The Labute approximate surface area is 132 Å². The third-order valence-corrected chi connectivity index (χ3v) is 4.32. The van der Waals surface area contributed by atoms with E-state index in [9.17, 15) is 0 Å². The van der Waals surface area contributed by atoms with Crippen LogP contribution < -0.4 is 10.5 Å². The molecule has 0 aliphatic heterocycles. The third kappa shape index (κ3) is 2.71. The molecule has 3 aromatic rings. The molecule has 0 saturated heterocycles. The van der Waals surface area contributed by atoms with Gasteiger partial charge in [-0.1, -0.05) is 11.8 Å². The average Bonchev–Trinajstić information content (AvgIpc) is 2.89. The summed E-state index contributed by atoms with van der Waals surface area (Å²) in [5.74, 6) is 1.60. The number of pyridine rings is 2. The minimum Gasteiger partial charge on any atom is -0.496 e. The molecule has 3 rings (SSSR count). The Hall–Kier alpha value is -2.28. The van der Waals surface area contributed by atoms with Crippen LogP contribution in [0.15, 0.2) is 23.6 Å². The van der Waals surface area contributed by atoms with E-state index < -0.39 is 0 Å². The van der Waals surface area contributed by atoms with Gasteiger partial charge in [0.25, 0.3) is 0 Å². The number of hydrogen-bond donors (Lipinski definition) is 2. The number of nitrogens with one attached hydrogen (secondary N) is 1. The maximum Gasteiger partial charge on any atom is 0.178 e. The Kier molecular flexibility index (Phi) is 3.89. The van der Waals surface area contributed by atoms with Gasteiger partial charge in [0, 0.05) is 23.1 Å². The molecule has 6 nitrogen and oxygen atoms in total. The molecular formula is C15H17N5OS. The maximum absolute atomic E-state index is 5.72. The minimum absolute atomic E-state index is 0.619. The van der Waals surface area contributed by atoms with Gasteiger partial charge in [0.2, 0.25) is 0 Å². The first-order valence-electron chi connectivity index (χ1n) is 6.81. The van der Waals surface area contributed by atoms with Crippen LogP contribution in [0, 0.1) is 13.8 Å². The van der Waals surface area contributed by atoms with Gasteiger partial charge >= 0.3 is 0 Å². The highest BCUT2D eigenvalue weighted by atomic mass is 32.2. The van der Waals surface area contributed by atoms with Crippen molar-refractivity contribution in [2.24, 2.45) is 0 Å². The summed E-state index contributed by atoms with van der Waals surface area (Å²) in [6.45, 7) is 4.01. The van der Waals surface area contributed by atoms with Crippen molar-refractivity contribution in [2.75, 3.05) is 12.8 Å². The summed E-state index contributed by atoms with van der Waals surface area (Å²) in [6.07, 6.45) is 3.44. The van der Waals surface area contributed by atoms with E-state index in [4.69, 9.17) is 10.5 Å². The molecule has 0 amide bonds. The maximum atomic E-state index is 5.72. The van der Waals surface area contributed by atoms with Crippen molar-refractivity contribution >= 4 is 28.6 Å². The molecule has 0 aliphatic rings. The molecular weight excluding hydrogens is 298 g/mol. The van der Waals surface area contributed by atoms with Crippen molar-refractivity contribution in [1.82, 2.24) is 19.9 Å². The zero-order valence-corrected chi connectivity index (χ0v) is 13.5. The topological polar surface area (TPSA) is 89.7 Å². The molecule has 0 fully saturated rings. The number of aromatic amines is 1. The lowest BCUT2D eigenvalue weighted by molar-refractivity contribution is 0.407. The van der Waals surface area contributed by atoms with E-state index in [1.54, 1.807) is 25.1 Å². The zero-order valence-electron chi connectivity index (χ0n) is 12.7. The molecule has 22 heavy (non-hydrogen) atoms. The predicted molar refractivity (Wildman–Crippen MR) is 88.1 cm³/mol. The number of aryl methyl sites for hydroxylation is 1. The summed E-state index contributed by atoms with van der Waals surface area (Å²) in [5.41, 5.74) is 10.9. The van der Waals surface area contributed by atoms with E-state index in [1.165, 1.54) is 0 Å². The molecule has 0 radical (unpaired) electrons. The molecule has 0 bridgehead atoms. The normalized spacial score (nSPS) is 11.0. The number of imidazole rings is 1. The van der Waals surface area contributed by atoms with E-state index in [2.05, 4.69) is 19.9 Å². The van der Waals surface area contributed by atoms with E-state index >= 15 is 0 Å². The molecule has 3 aromatic heterocycles. The van der Waals surface area contributed by atoms with Gasteiger partial charge in [0.05, 0.1) is 30.2 Å². The standard InChI is InChI=1S/C15H17N5OS/c1-8-5-17-12(9(2)13(8)21-3)7-22-15-19-11-4-10(16)6-18-14(11)20-15/h4-6H,7,16H2,1-3H3,(H,18,19,20). The summed E-state index contributed by atoms with van der Waals surface area (Å²) >= 11 is 1.58. The highest BCUT2D eigenvalue weighted by Crippen LogP contribution is 2.28. The number of hydrogen-bond acceptors (Lipinski definition) is 6. The average molecular weight is 315 g/mol. The van der Waals surface area contributed by atoms with Crippen LogP contribution in [-0.4, -0.2) is 27.0 Å². The van der Waals surface area contributed by atoms with Crippen LogP contribution in [0.5, 0.6) is 5.75 Å². The van der Waals surface area contributed by atoms with Crippen molar-refractivity contribution in [3.05, 3.63) is 35.3 Å². The molecule has 0 aromatic carbocycles. The Morgan fingerprint density at radius 2 is 2.09 bits per heavy atom. The predicted octanol–water partition coefficient (Wildman–Crippen LogP) is 2.85. The van der Waals surface area contributed by atoms with Crippen LogP contribution in [0.3, 0.4) is 0 Å². The summed E-state index contributed by atoms with van der Waals surface area (Å²) in [4.78, 5) is 16.3. The van der Waals surface area contributed by atoms with Crippen molar-refractivity contribution in [2.45, 2.75) is 24.8 Å². The Morgan fingerprint density at radius 3 is 2.86 bits per heavy atom. The lowest BCUT2D eigenvalue weighted by Gasteiger charge is -2.11. The first kappa shape index (κ1) is 14.6. The monoisotopic (exact) mass is 315 g/mol. The highest BCUT2D eigenvalue weighted by Gasteiger charge is 2.11. The summed E-state index contributed by atoms with van der Waals surface area (Å²) < 4.78 is 5.43. The fourth-order valence-corrected chi connectivity index (χ4v) is 3.21. The van der Waals surface area contributed by atoms with Crippen LogP contribution in [0.1, 0.15) is 16.8 Å². The Bertz CT molecular complexity index is 830. The first-order chi connectivity index (χ1) is 10.6. The van der Waals surface area contributed by atoms with Gasteiger partial charge < -0.3 is 15.5 Å². The van der Waals surface area contributed by atoms with Crippen LogP contribution in [0.4, 0.5) is 5.69 Å². The molecule has 0 aliphatic carbocycles. The number of nitrogens with two attached hydrogens (primary N) is 1. The first-order valence-corrected chi connectivity index (χ1v) is 7.80. The highest BCUT2D eigenvalue weighted by molar-refractivity contribution is 7.98. The van der Waals surface area contributed by atoms with Crippen molar-refractivity contribution in [1.29, 1.82) is 0 Å². The molecule has 0 atom stereocenters. The van der Waals surface area contributed by atoms with Gasteiger partial charge in [-0.05, 0) is 19.9 Å². The lowest BCUT2D eigenvalue weighted by Crippen LogP contribution is -1.98. The van der Waals surface area contributed by atoms with Crippen molar-refractivity contribution in [3.8, 4) is 5.75 Å². The van der Waals surface area contributed by atoms with Crippen LogP contribution in [-0.2, 0) is 5.75 Å². The molecule has 114 valence electrons. The fourth-order valence-electron chi connectivity index (χ4n) is 2.32. The molecule has 3 N–H and O–H groups in total. The SMILES string of the molecule is COc1c(C)cnc(CSc2nc3ncc(N)cc3[nH]2)c1C. The number of rotatable bonds is 4. The number of anilines is 1. The molecule has 7 heteroatoms. The summed E-state index contributed by atoms with van der Waals surface area (Å²) in [7, 11) is 1.68. The number of methoxy groups -OCH3 is 1. The van der Waals surface area contributed by atoms with Crippen LogP contribution in [0.2, 0.25) is 0 Å². The number of nitrogens with zero attached hydrogens (tertiary/aromatic N) is 3. The number of H-pyrrole nitrogens is 1. The molecule has 0 unspecified atom stereocenters. The van der Waals surface area contributed by atoms with Gasteiger partial charge in [-0.3, -0.25) is 4.98 Å². The summed E-state index contributed by atoms with van der Waals surface area (Å²) in [6, 6.07) is 1.83. The van der Waals surface area contributed by atoms with E-state index in [-0.39, 0.29) is 0 Å². The second-order valence-corrected chi connectivity index (χ2v) is 5.98. The van der Waals surface area contributed by atoms with Gasteiger partial charge in [0.15, 0.2) is 10.8 Å². The van der Waals surface area contributed by atoms with E-state index in [0.717, 1.165) is 33.2 Å². The number of nitrogen functional groups attached to an aromatic ring is 1. The lowest BCUT2D eigenvalue weighted by atomic mass is 10.1. The quantitative estimate of drug-likeness (QED) is 0.720. The second-order valence-electron chi connectivity index (χ2n) is 5.02. The number of aromatic nitrogens is 4. The number of fused-ring (bicyclic) bond motifs is 1.